The van der Waals surface area contributed by atoms with Crippen molar-refractivity contribution in [2.45, 2.75) is 71.8 Å². The Morgan fingerprint density at radius 3 is 2.67 bits per heavy atom. The Bertz CT molecular complexity index is 617. The minimum absolute atomic E-state index is 0.0785. The Hall–Kier alpha value is -0.890. The van der Waals surface area contributed by atoms with Crippen LogP contribution in [0.1, 0.15) is 65.7 Å². The normalized spacial score (nSPS) is 50.6. The molecule has 2 heteroatoms. The topological polar surface area (TPSA) is 37.3 Å². The second-order valence-electron chi connectivity index (χ2n) is 9.61. The fourth-order valence-corrected chi connectivity index (χ4v) is 7.35. The monoisotopic (exact) mass is 328 g/mol. The molecule has 1 N–H and O–H groups in total. The van der Waals surface area contributed by atoms with E-state index in [-0.39, 0.29) is 22.9 Å². The zero-order valence-electron chi connectivity index (χ0n) is 15.5. The molecule has 0 saturated heterocycles. The van der Waals surface area contributed by atoms with Gasteiger partial charge in [-0.25, -0.2) is 0 Å². The molecule has 3 unspecified atom stereocenters. The number of fused-ring (bicyclic) bond motifs is 5. The Morgan fingerprint density at radius 1 is 1.21 bits per heavy atom. The molecular formula is C22H32O2. The van der Waals surface area contributed by atoms with Crippen LogP contribution in [-0.2, 0) is 4.79 Å². The van der Waals surface area contributed by atoms with Crippen LogP contribution in [0.15, 0.2) is 23.8 Å². The Kier molecular flexibility index (Phi) is 3.66. The number of carbonyl (C=O) groups excluding carboxylic acids is 1. The van der Waals surface area contributed by atoms with Gasteiger partial charge in [-0.3, -0.25) is 4.79 Å². The van der Waals surface area contributed by atoms with Gasteiger partial charge in [-0.2, -0.15) is 0 Å². The number of aliphatic hydroxyl groups excluding tert-OH is 1. The van der Waals surface area contributed by atoms with Gasteiger partial charge in [0, 0.05) is 5.92 Å². The molecular weight excluding hydrogens is 296 g/mol. The summed E-state index contributed by atoms with van der Waals surface area (Å²) >= 11 is 0. The summed E-state index contributed by atoms with van der Waals surface area (Å²) in [5.74, 6) is 2.42. The first-order chi connectivity index (χ1) is 11.3. The molecule has 0 aromatic carbocycles. The molecule has 2 nitrogen and oxygen atoms in total. The van der Waals surface area contributed by atoms with Gasteiger partial charge >= 0.3 is 0 Å². The lowest BCUT2D eigenvalue weighted by Gasteiger charge is -2.57. The van der Waals surface area contributed by atoms with Gasteiger partial charge in [-0.15, -0.1) is 0 Å². The summed E-state index contributed by atoms with van der Waals surface area (Å²) in [6.45, 7) is 10.9. The van der Waals surface area contributed by atoms with Crippen molar-refractivity contribution in [1.82, 2.24) is 0 Å². The van der Waals surface area contributed by atoms with Crippen LogP contribution in [0.5, 0.6) is 0 Å². The zero-order valence-corrected chi connectivity index (χ0v) is 15.5. The van der Waals surface area contributed by atoms with E-state index in [1.807, 2.05) is 0 Å². The van der Waals surface area contributed by atoms with Crippen molar-refractivity contribution < 1.29 is 9.90 Å². The molecule has 0 aromatic rings. The van der Waals surface area contributed by atoms with Crippen LogP contribution < -0.4 is 0 Å². The Morgan fingerprint density at radius 2 is 1.96 bits per heavy atom. The molecule has 24 heavy (non-hydrogen) atoms. The van der Waals surface area contributed by atoms with Gasteiger partial charge in [0.25, 0.3) is 0 Å². The van der Waals surface area contributed by atoms with Gasteiger partial charge in [0.1, 0.15) is 5.78 Å². The Balaban J connectivity index is 1.70. The average Bonchev–Trinajstić information content (AvgIpc) is 2.78. The second kappa shape index (κ2) is 5.30. The number of rotatable bonds is 1. The maximum Gasteiger partial charge on any atom is 0.137 e. The smallest absolute Gasteiger partial charge is 0.137 e. The lowest BCUT2D eigenvalue weighted by molar-refractivity contribution is -0.126. The lowest BCUT2D eigenvalue weighted by atomic mass is 9.47. The lowest BCUT2D eigenvalue weighted by Crippen LogP contribution is -2.50. The summed E-state index contributed by atoms with van der Waals surface area (Å²) in [5.41, 5.74) is 3.11. The largest absolute Gasteiger partial charge is 0.393 e. The summed E-state index contributed by atoms with van der Waals surface area (Å²) in [6, 6.07) is 0. The van der Waals surface area contributed by atoms with Gasteiger partial charge in [0.15, 0.2) is 0 Å². The van der Waals surface area contributed by atoms with Crippen molar-refractivity contribution >= 4 is 5.78 Å². The Labute approximate surface area is 146 Å². The quantitative estimate of drug-likeness (QED) is 0.710. The summed E-state index contributed by atoms with van der Waals surface area (Å²) in [4.78, 5) is 12.3. The van der Waals surface area contributed by atoms with Gasteiger partial charge in [-0.05, 0) is 80.5 Å². The molecule has 4 rings (SSSR count). The maximum absolute atomic E-state index is 12.3. The van der Waals surface area contributed by atoms with Crippen molar-refractivity contribution in [3.63, 3.8) is 0 Å². The first-order valence-electron chi connectivity index (χ1n) is 9.83. The number of carbonyl (C=O) groups is 1. The van der Waals surface area contributed by atoms with Crippen LogP contribution in [0.2, 0.25) is 0 Å². The zero-order chi connectivity index (χ0) is 17.3. The molecule has 0 radical (unpaired) electrons. The third-order valence-corrected chi connectivity index (χ3v) is 8.47. The van der Waals surface area contributed by atoms with E-state index in [9.17, 15) is 9.90 Å². The van der Waals surface area contributed by atoms with Gasteiger partial charge in [0.2, 0.25) is 0 Å². The predicted molar refractivity (Wildman–Crippen MR) is 96.4 cm³/mol. The van der Waals surface area contributed by atoms with E-state index >= 15 is 0 Å². The van der Waals surface area contributed by atoms with E-state index < -0.39 is 0 Å². The number of allylic oxidation sites excluding steroid dienone is 2. The van der Waals surface area contributed by atoms with Gasteiger partial charge < -0.3 is 5.11 Å². The maximum atomic E-state index is 12.3. The van der Waals surface area contributed by atoms with E-state index in [1.54, 1.807) is 6.92 Å². The average molecular weight is 328 g/mol. The second-order valence-corrected chi connectivity index (χ2v) is 9.61. The van der Waals surface area contributed by atoms with Crippen LogP contribution >= 0.6 is 0 Å². The molecule has 3 fully saturated rings. The summed E-state index contributed by atoms with van der Waals surface area (Å²) < 4.78 is 0. The minimum atomic E-state index is -0.136. The molecule has 0 heterocycles. The highest BCUT2D eigenvalue weighted by molar-refractivity contribution is 5.82. The summed E-state index contributed by atoms with van der Waals surface area (Å²) in [7, 11) is 0. The SMILES string of the molecule is C=C1CC2C3CC=C4C[C@@H](O)CC[C@]4(C)C3CC[C@]2(C)[C@H]1C(C)=O. The van der Waals surface area contributed by atoms with E-state index in [2.05, 4.69) is 26.5 Å². The molecule has 0 spiro atoms. The van der Waals surface area contributed by atoms with Crippen molar-refractivity contribution in [2.24, 2.45) is 34.5 Å². The van der Waals surface area contributed by atoms with Crippen molar-refractivity contribution in [2.75, 3.05) is 0 Å². The first-order valence-corrected chi connectivity index (χ1v) is 9.83. The van der Waals surface area contributed by atoms with E-state index in [1.165, 1.54) is 17.6 Å². The summed E-state index contributed by atoms with van der Waals surface area (Å²) in [5, 5.41) is 10.1. The van der Waals surface area contributed by atoms with Gasteiger partial charge in [-0.1, -0.05) is 37.6 Å². The highest BCUT2D eigenvalue weighted by Gasteiger charge is 2.60. The number of hydrogen-bond donors (Lipinski definition) is 1. The molecule has 7 atom stereocenters. The van der Waals surface area contributed by atoms with Crippen LogP contribution in [0.4, 0.5) is 0 Å². The van der Waals surface area contributed by atoms with Crippen LogP contribution in [0, 0.1) is 34.5 Å². The van der Waals surface area contributed by atoms with E-state index in [0.717, 1.165) is 44.4 Å². The highest BCUT2D eigenvalue weighted by Crippen LogP contribution is 2.67. The molecule has 0 aliphatic heterocycles. The first kappa shape index (κ1) is 16.6. The molecule has 4 aliphatic carbocycles. The fraction of sp³-hybridized carbons (Fsp3) is 0.773. The number of hydrogen-bond acceptors (Lipinski definition) is 2. The number of ketones is 1. The molecule has 0 aromatic heterocycles. The van der Waals surface area contributed by atoms with Crippen molar-refractivity contribution in [3.05, 3.63) is 23.8 Å². The van der Waals surface area contributed by atoms with E-state index in [0.29, 0.717) is 17.6 Å². The predicted octanol–water partition coefficient (Wildman–Crippen LogP) is 4.68. The van der Waals surface area contributed by atoms with E-state index in [4.69, 9.17) is 0 Å². The minimum Gasteiger partial charge on any atom is -0.393 e. The van der Waals surface area contributed by atoms with Crippen LogP contribution in [0.25, 0.3) is 0 Å². The van der Waals surface area contributed by atoms with Crippen molar-refractivity contribution in [1.29, 1.82) is 0 Å². The van der Waals surface area contributed by atoms with Crippen LogP contribution in [0.3, 0.4) is 0 Å². The molecule has 4 aliphatic rings. The molecule has 132 valence electrons. The third-order valence-electron chi connectivity index (χ3n) is 8.47. The van der Waals surface area contributed by atoms with Crippen molar-refractivity contribution in [3.8, 4) is 0 Å². The molecule has 3 saturated carbocycles. The van der Waals surface area contributed by atoms with Gasteiger partial charge in [0.05, 0.1) is 6.10 Å². The fourth-order valence-electron chi connectivity index (χ4n) is 7.35. The highest BCUT2D eigenvalue weighted by atomic mass is 16.3. The number of Topliss-reactive ketones (excluding diaryl/α,β-unsaturated/α-hetero) is 1. The molecule has 0 bridgehead atoms. The number of aliphatic hydroxyl groups is 1. The summed E-state index contributed by atoms with van der Waals surface area (Å²) in [6.07, 6.45) is 9.85. The molecule has 0 amide bonds. The van der Waals surface area contributed by atoms with Crippen LogP contribution in [-0.4, -0.2) is 17.0 Å². The standard InChI is InChI=1S/C22H32O2/c1-13-11-19-17-6-5-15-12-16(24)7-9-21(15,3)18(17)8-10-22(19,4)20(13)14(2)23/h5,16-20,24H,1,6-12H2,2-4H3/t16-,17?,18?,19?,20+,21-,22-/m0/s1. The third kappa shape index (κ3) is 2.08.